The third-order valence-electron chi connectivity index (χ3n) is 6.04. The Labute approximate surface area is 209 Å². The molecule has 0 aromatic heterocycles. The van der Waals surface area contributed by atoms with E-state index in [2.05, 4.69) is 0 Å². The number of carbonyl (C=O) groups excluding carboxylic acids is 2. The number of aliphatic hydroxyl groups excluding tert-OH is 1. The number of amides is 1. The van der Waals surface area contributed by atoms with Gasteiger partial charge in [-0.1, -0.05) is 38.1 Å². The molecular formula is C29H28FNO5. The first-order chi connectivity index (χ1) is 17.2. The number of halogens is 1. The Morgan fingerprint density at radius 3 is 2.39 bits per heavy atom. The van der Waals surface area contributed by atoms with Crippen molar-refractivity contribution in [1.82, 2.24) is 0 Å². The Balaban J connectivity index is 1.88. The molecule has 1 saturated heterocycles. The third-order valence-corrected chi connectivity index (χ3v) is 6.04. The number of Topliss-reactive ketones (excluding diaryl/α,β-unsaturated/α-hetero) is 1. The van der Waals surface area contributed by atoms with Crippen molar-refractivity contribution in [2.24, 2.45) is 5.92 Å². The van der Waals surface area contributed by atoms with Gasteiger partial charge in [0.05, 0.1) is 30.9 Å². The van der Waals surface area contributed by atoms with Gasteiger partial charge in [-0.15, -0.1) is 0 Å². The van der Waals surface area contributed by atoms with Crippen molar-refractivity contribution in [1.29, 1.82) is 0 Å². The number of ketones is 1. The zero-order chi connectivity index (χ0) is 26.0. The van der Waals surface area contributed by atoms with Gasteiger partial charge in [0.15, 0.2) is 0 Å². The van der Waals surface area contributed by atoms with Crippen LogP contribution in [0, 0.1) is 18.7 Å². The van der Waals surface area contributed by atoms with Crippen LogP contribution in [-0.2, 0) is 9.59 Å². The lowest BCUT2D eigenvalue weighted by Gasteiger charge is -2.27. The van der Waals surface area contributed by atoms with Crippen molar-refractivity contribution in [2.75, 3.05) is 18.6 Å². The predicted octanol–water partition coefficient (Wildman–Crippen LogP) is 5.80. The Bertz CT molecular complexity index is 1330. The SMILES string of the molecule is COc1ccc(F)cc1/C(O)=C1\C(=O)C(=O)N(c2ccc(OCC(C)C)cc2)C1c1ccccc1C. The van der Waals surface area contributed by atoms with Crippen LogP contribution in [0.5, 0.6) is 11.5 Å². The van der Waals surface area contributed by atoms with Crippen molar-refractivity contribution >= 4 is 23.1 Å². The molecule has 4 rings (SSSR count). The topological polar surface area (TPSA) is 76.1 Å². The second-order valence-electron chi connectivity index (χ2n) is 9.07. The van der Waals surface area contributed by atoms with Crippen LogP contribution in [0.2, 0.25) is 0 Å². The summed E-state index contributed by atoms with van der Waals surface area (Å²) in [5.41, 5.74) is 1.80. The number of rotatable bonds is 7. The van der Waals surface area contributed by atoms with Crippen LogP contribution in [-0.4, -0.2) is 30.5 Å². The predicted molar refractivity (Wildman–Crippen MR) is 136 cm³/mol. The Hall–Kier alpha value is -4.13. The van der Waals surface area contributed by atoms with Gasteiger partial charge >= 0.3 is 0 Å². The van der Waals surface area contributed by atoms with E-state index in [0.717, 1.165) is 11.6 Å². The molecule has 186 valence electrons. The summed E-state index contributed by atoms with van der Waals surface area (Å²) >= 11 is 0. The first-order valence-corrected chi connectivity index (χ1v) is 11.7. The third kappa shape index (κ3) is 4.69. The molecule has 1 atom stereocenters. The van der Waals surface area contributed by atoms with E-state index in [1.807, 2.05) is 32.9 Å². The van der Waals surface area contributed by atoms with Gasteiger partial charge in [-0.3, -0.25) is 14.5 Å². The number of hydrogen-bond acceptors (Lipinski definition) is 5. The Morgan fingerprint density at radius 1 is 1.06 bits per heavy atom. The van der Waals surface area contributed by atoms with E-state index in [9.17, 15) is 19.1 Å². The number of aryl methyl sites for hydroxylation is 1. The minimum atomic E-state index is -0.929. The molecule has 1 fully saturated rings. The van der Waals surface area contributed by atoms with E-state index in [4.69, 9.17) is 9.47 Å². The molecule has 1 aliphatic rings. The summed E-state index contributed by atoms with van der Waals surface area (Å²) in [7, 11) is 1.38. The fourth-order valence-electron chi connectivity index (χ4n) is 4.26. The molecule has 0 spiro atoms. The molecule has 0 saturated carbocycles. The quantitative estimate of drug-likeness (QED) is 0.258. The van der Waals surface area contributed by atoms with E-state index in [-0.39, 0.29) is 16.9 Å². The lowest BCUT2D eigenvalue weighted by atomic mass is 9.92. The highest BCUT2D eigenvalue weighted by Crippen LogP contribution is 2.44. The van der Waals surface area contributed by atoms with Gasteiger partial charge in [-0.25, -0.2) is 4.39 Å². The number of carbonyl (C=O) groups is 2. The average molecular weight is 490 g/mol. The molecule has 1 unspecified atom stereocenters. The summed E-state index contributed by atoms with van der Waals surface area (Å²) in [6.07, 6.45) is 0. The Morgan fingerprint density at radius 2 is 1.75 bits per heavy atom. The van der Waals surface area contributed by atoms with Crippen molar-refractivity contribution in [3.63, 3.8) is 0 Å². The van der Waals surface area contributed by atoms with Crippen molar-refractivity contribution in [3.8, 4) is 11.5 Å². The van der Waals surface area contributed by atoms with Gasteiger partial charge in [-0.2, -0.15) is 0 Å². The van der Waals surface area contributed by atoms with E-state index in [1.54, 1.807) is 36.4 Å². The molecule has 1 heterocycles. The molecule has 6 nitrogen and oxygen atoms in total. The van der Waals surface area contributed by atoms with Gasteiger partial charge in [0.1, 0.15) is 23.1 Å². The highest BCUT2D eigenvalue weighted by Gasteiger charge is 2.47. The molecule has 1 aliphatic heterocycles. The maximum absolute atomic E-state index is 14.1. The summed E-state index contributed by atoms with van der Waals surface area (Å²) in [6, 6.07) is 16.9. The summed E-state index contributed by atoms with van der Waals surface area (Å²) in [4.78, 5) is 28.1. The van der Waals surface area contributed by atoms with Crippen LogP contribution in [0.25, 0.3) is 5.76 Å². The average Bonchev–Trinajstić information content (AvgIpc) is 3.13. The zero-order valence-corrected chi connectivity index (χ0v) is 20.6. The van der Waals surface area contributed by atoms with Gasteiger partial charge in [-0.05, 0) is 66.4 Å². The van der Waals surface area contributed by atoms with Crippen molar-refractivity contribution < 1.29 is 28.6 Å². The highest BCUT2D eigenvalue weighted by molar-refractivity contribution is 6.51. The summed E-state index contributed by atoms with van der Waals surface area (Å²) < 4.78 is 25.2. The molecule has 0 radical (unpaired) electrons. The lowest BCUT2D eigenvalue weighted by molar-refractivity contribution is -0.132. The monoisotopic (exact) mass is 489 g/mol. The number of anilines is 1. The van der Waals surface area contributed by atoms with Crippen LogP contribution in [0.15, 0.2) is 72.3 Å². The second-order valence-corrected chi connectivity index (χ2v) is 9.07. The van der Waals surface area contributed by atoms with E-state index in [0.29, 0.717) is 29.5 Å². The van der Waals surface area contributed by atoms with Crippen LogP contribution >= 0.6 is 0 Å². The maximum Gasteiger partial charge on any atom is 0.300 e. The number of benzene rings is 3. The highest BCUT2D eigenvalue weighted by atomic mass is 19.1. The normalized spacial score (nSPS) is 17.1. The van der Waals surface area contributed by atoms with Crippen molar-refractivity contribution in [3.05, 3.63) is 94.8 Å². The molecule has 0 bridgehead atoms. The molecule has 1 N–H and O–H groups in total. The van der Waals surface area contributed by atoms with Gasteiger partial charge in [0.25, 0.3) is 11.7 Å². The molecule has 0 aliphatic carbocycles. The van der Waals surface area contributed by atoms with E-state index >= 15 is 0 Å². The van der Waals surface area contributed by atoms with Crippen LogP contribution in [0.4, 0.5) is 10.1 Å². The van der Waals surface area contributed by atoms with Crippen LogP contribution in [0.3, 0.4) is 0 Å². The molecular weight excluding hydrogens is 461 g/mol. The largest absolute Gasteiger partial charge is 0.507 e. The van der Waals surface area contributed by atoms with E-state index in [1.165, 1.54) is 24.1 Å². The fraction of sp³-hybridized carbons (Fsp3) is 0.241. The van der Waals surface area contributed by atoms with Gasteiger partial charge in [0, 0.05) is 5.69 Å². The lowest BCUT2D eigenvalue weighted by Crippen LogP contribution is -2.29. The zero-order valence-electron chi connectivity index (χ0n) is 20.6. The van der Waals surface area contributed by atoms with Crippen LogP contribution < -0.4 is 14.4 Å². The molecule has 3 aromatic carbocycles. The molecule has 3 aromatic rings. The van der Waals surface area contributed by atoms with Gasteiger partial charge in [0.2, 0.25) is 0 Å². The number of nitrogens with zero attached hydrogens (tertiary/aromatic N) is 1. The summed E-state index contributed by atoms with van der Waals surface area (Å²) in [6.45, 7) is 6.50. The van der Waals surface area contributed by atoms with Gasteiger partial charge < -0.3 is 14.6 Å². The number of aliphatic hydroxyl groups is 1. The van der Waals surface area contributed by atoms with Crippen molar-refractivity contribution in [2.45, 2.75) is 26.8 Å². The van der Waals surface area contributed by atoms with E-state index < -0.39 is 29.3 Å². The summed E-state index contributed by atoms with van der Waals surface area (Å²) in [5.74, 6) is -1.61. The smallest absolute Gasteiger partial charge is 0.300 e. The molecule has 36 heavy (non-hydrogen) atoms. The summed E-state index contributed by atoms with van der Waals surface area (Å²) in [5, 5.41) is 11.3. The molecule has 1 amide bonds. The number of ether oxygens (including phenoxy) is 2. The second kappa shape index (κ2) is 10.2. The number of methoxy groups -OCH3 is 1. The minimum Gasteiger partial charge on any atom is -0.507 e. The number of hydrogen-bond donors (Lipinski definition) is 1. The standard InChI is InChI=1S/C29H28FNO5/c1-17(2)16-36-21-12-10-20(11-13-21)31-26(22-8-6-5-7-18(22)3)25(28(33)29(31)34)27(32)23-15-19(30)9-14-24(23)35-4/h5-15,17,26,32H,16H2,1-4H3/b27-25+. The first kappa shape index (κ1) is 25.0. The van der Waals surface area contributed by atoms with Crippen LogP contribution in [0.1, 0.15) is 36.6 Å². The minimum absolute atomic E-state index is 0.00785. The Kier molecular flexibility index (Phi) is 7.10. The first-order valence-electron chi connectivity index (χ1n) is 11.7. The maximum atomic E-state index is 14.1. The fourth-order valence-corrected chi connectivity index (χ4v) is 4.26. The molecule has 7 heteroatoms.